The molecule has 2 unspecified atom stereocenters. The number of carbonyl (C=O) groups excluding carboxylic acids is 2. The predicted octanol–water partition coefficient (Wildman–Crippen LogP) is 20.6. The zero-order chi connectivity index (χ0) is 56.6. The van der Waals surface area contributed by atoms with Gasteiger partial charge in [0.15, 0.2) is 6.10 Å². The van der Waals surface area contributed by atoms with Gasteiger partial charge in [0.05, 0.1) is 13.2 Å². The summed E-state index contributed by atoms with van der Waals surface area (Å²) in [7, 11) is -4.40. The van der Waals surface area contributed by atoms with E-state index in [1.807, 2.05) is 0 Å². The smallest absolute Gasteiger partial charge is 0.462 e. The molecule has 0 rings (SSSR count). The molecule has 3 N–H and O–H groups in total. The molecule has 0 aromatic heterocycles. The van der Waals surface area contributed by atoms with E-state index < -0.39 is 26.5 Å². The summed E-state index contributed by atoms with van der Waals surface area (Å²) in [5.41, 5.74) is 5.39. The van der Waals surface area contributed by atoms with Crippen molar-refractivity contribution in [2.75, 3.05) is 26.4 Å². The van der Waals surface area contributed by atoms with E-state index in [2.05, 4.69) is 123 Å². The minimum absolute atomic E-state index is 0.0492. The maximum atomic E-state index is 12.7. The molecule has 10 heteroatoms. The first kappa shape index (κ1) is 74.7. The summed E-state index contributed by atoms with van der Waals surface area (Å²) < 4.78 is 33.1. The van der Waals surface area contributed by atoms with Crippen molar-refractivity contribution in [3.63, 3.8) is 0 Å². The molecule has 0 aliphatic rings. The molecule has 0 heterocycles. The molecule has 0 aromatic carbocycles. The molecule has 0 aliphatic heterocycles. The van der Waals surface area contributed by atoms with E-state index >= 15 is 0 Å². The molecule has 0 radical (unpaired) electrons. The predicted molar refractivity (Wildman–Crippen MR) is 335 cm³/mol. The molecule has 0 spiro atoms. The molecule has 0 aromatic rings. The lowest BCUT2D eigenvalue weighted by atomic mass is 10.0. The molecule has 0 fully saturated rings. The molecule has 0 aliphatic carbocycles. The van der Waals surface area contributed by atoms with Crippen molar-refractivity contribution < 1.29 is 37.6 Å². The lowest BCUT2D eigenvalue weighted by molar-refractivity contribution is -0.161. The minimum atomic E-state index is -4.40. The van der Waals surface area contributed by atoms with Gasteiger partial charge in [0.1, 0.15) is 6.61 Å². The van der Waals surface area contributed by atoms with Gasteiger partial charge in [0, 0.05) is 19.4 Å². The Labute approximate surface area is 479 Å². The summed E-state index contributed by atoms with van der Waals surface area (Å²) in [4.78, 5) is 35.3. The molecular formula is C68H118NO8P. The highest BCUT2D eigenvalue weighted by atomic mass is 31.2. The number of allylic oxidation sites excluding steroid dienone is 18. The fourth-order valence-electron chi connectivity index (χ4n) is 8.75. The monoisotopic (exact) mass is 1110 g/mol. The normalized spacial score (nSPS) is 13.7. The van der Waals surface area contributed by atoms with Crippen molar-refractivity contribution >= 4 is 19.8 Å². The third-order valence-electron chi connectivity index (χ3n) is 13.4. The first-order valence-electron chi connectivity index (χ1n) is 31.9. The highest BCUT2D eigenvalue weighted by Gasteiger charge is 2.26. The topological polar surface area (TPSA) is 134 Å². The zero-order valence-corrected chi connectivity index (χ0v) is 51.0. The number of ether oxygens (including phenoxy) is 2. The first-order valence-corrected chi connectivity index (χ1v) is 33.4. The van der Waals surface area contributed by atoms with E-state index in [0.29, 0.717) is 6.42 Å². The number of hydrogen-bond acceptors (Lipinski definition) is 8. The van der Waals surface area contributed by atoms with Crippen LogP contribution < -0.4 is 5.73 Å². The number of carbonyl (C=O) groups is 2. The van der Waals surface area contributed by atoms with Gasteiger partial charge in [-0.25, -0.2) is 4.57 Å². The minimum Gasteiger partial charge on any atom is -0.462 e. The Kier molecular flexibility index (Phi) is 60.2. The second-order valence-electron chi connectivity index (χ2n) is 20.9. The third kappa shape index (κ3) is 61.9. The first-order chi connectivity index (χ1) is 38.3. The van der Waals surface area contributed by atoms with Crippen LogP contribution in [0.1, 0.15) is 277 Å². The Bertz CT molecular complexity index is 1640. The Morgan fingerprint density at radius 2 is 0.705 bits per heavy atom. The molecule has 448 valence electrons. The SMILES string of the molecule is CC/C=C\C/C=C\C/C=C\C/C=C\C/C=C\C/C=C\C/C=C\C/C=C\C/C=C\CCCCCCCCCCCC(=O)OC(COC(=O)CCCCCCCCCCCCCCCCCCCCCC)COP(=O)(O)OCCN. The van der Waals surface area contributed by atoms with E-state index in [1.165, 1.54) is 141 Å². The molecule has 0 amide bonds. The van der Waals surface area contributed by atoms with E-state index in [0.717, 1.165) is 103 Å². The number of rotatable bonds is 59. The van der Waals surface area contributed by atoms with Crippen molar-refractivity contribution in [2.45, 2.75) is 283 Å². The quantitative estimate of drug-likeness (QED) is 0.0264. The van der Waals surface area contributed by atoms with E-state index in [1.54, 1.807) is 0 Å². The average Bonchev–Trinajstić information content (AvgIpc) is 3.43. The van der Waals surface area contributed by atoms with Crippen LogP contribution in [0.15, 0.2) is 109 Å². The Hall–Kier alpha value is -3.33. The highest BCUT2D eigenvalue weighted by molar-refractivity contribution is 7.47. The molecule has 9 nitrogen and oxygen atoms in total. The lowest BCUT2D eigenvalue weighted by Gasteiger charge is -2.19. The number of unbranched alkanes of at least 4 members (excludes halogenated alkanes) is 28. The van der Waals surface area contributed by atoms with Crippen LogP contribution >= 0.6 is 7.82 Å². The molecule has 0 bridgehead atoms. The average molecular weight is 1110 g/mol. The van der Waals surface area contributed by atoms with Crippen molar-refractivity contribution in [3.8, 4) is 0 Å². The summed E-state index contributed by atoms with van der Waals surface area (Å²) >= 11 is 0. The summed E-state index contributed by atoms with van der Waals surface area (Å²) in [5.74, 6) is -0.830. The van der Waals surface area contributed by atoms with E-state index in [-0.39, 0.29) is 38.6 Å². The second kappa shape index (κ2) is 62.9. The number of phosphoric acid groups is 1. The van der Waals surface area contributed by atoms with Gasteiger partial charge in [-0.3, -0.25) is 18.6 Å². The summed E-state index contributed by atoms with van der Waals surface area (Å²) in [6.45, 7) is 3.65. The van der Waals surface area contributed by atoms with Crippen LogP contribution in [0.5, 0.6) is 0 Å². The van der Waals surface area contributed by atoms with Gasteiger partial charge in [0.2, 0.25) is 0 Å². The fraction of sp³-hybridized carbons (Fsp3) is 0.706. The molecule has 78 heavy (non-hydrogen) atoms. The van der Waals surface area contributed by atoms with Crippen molar-refractivity contribution in [2.24, 2.45) is 5.73 Å². The summed E-state index contributed by atoms with van der Waals surface area (Å²) in [6, 6.07) is 0. The van der Waals surface area contributed by atoms with Gasteiger partial charge in [-0.2, -0.15) is 0 Å². The molecule has 0 saturated heterocycles. The van der Waals surface area contributed by atoms with E-state index in [4.69, 9.17) is 24.3 Å². The molecule has 0 saturated carbocycles. The summed E-state index contributed by atoms with van der Waals surface area (Å²) in [6.07, 6.45) is 85.8. The number of nitrogens with two attached hydrogens (primary N) is 1. The Morgan fingerprint density at radius 3 is 1.05 bits per heavy atom. The molecule has 2 atom stereocenters. The zero-order valence-electron chi connectivity index (χ0n) is 50.1. The van der Waals surface area contributed by atoms with Crippen molar-refractivity contribution in [3.05, 3.63) is 109 Å². The van der Waals surface area contributed by atoms with Crippen molar-refractivity contribution in [1.82, 2.24) is 0 Å². The van der Waals surface area contributed by atoms with Crippen LogP contribution in [0.2, 0.25) is 0 Å². The third-order valence-corrected chi connectivity index (χ3v) is 14.4. The lowest BCUT2D eigenvalue weighted by Crippen LogP contribution is -2.29. The molecular weight excluding hydrogens is 990 g/mol. The Morgan fingerprint density at radius 1 is 0.397 bits per heavy atom. The largest absolute Gasteiger partial charge is 0.472 e. The van der Waals surface area contributed by atoms with Crippen LogP contribution in [-0.4, -0.2) is 49.3 Å². The van der Waals surface area contributed by atoms with Crippen LogP contribution in [0.3, 0.4) is 0 Å². The van der Waals surface area contributed by atoms with E-state index in [9.17, 15) is 19.0 Å². The van der Waals surface area contributed by atoms with Gasteiger partial charge in [-0.1, -0.05) is 290 Å². The fourth-order valence-corrected chi connectivity index (χ4v) is 9.51. The van der Waals surface area contributed by atoms with Crippen molar-refractivity contribution in [1.29, 1.82) is 0 Å². The Balaban J connectivity index is 3.97. The maximum absolute atomic E-state index is 12.7. The van der Waals surface area contributed by atoms with Gasteiger partial charge in [0.25, 0.3) is 0 Å². The van der Waals surface area contributed by atoms with Gasteiger partial charge < -0.3 is 20.1 Å². The maximum Gasteiger partial charge on any atom is 0.472 e. The number of phosphoric ester groups is 1. The number of hydrogen-bond donors (Lipinski definition) is 2. The standard InChI is InChI=1S/C68H118NO8P/c1-3-5-7-9-11-13-15-17-19-21-23-25-26-27-28-29-30-31-32-33-34-35-36-37-38-39-40-41-43-45-47-49-51-53-55-57-59-61-68(71)77-66(65-76-78(72,73)75-63-62-69)64-74-67(70)60-58-56-54-52-50-48-46-44-42-24-22-20-18-16-14-12-10-8-6-4-2/h5,7,11,13,17,19,23,25,27-28,30-31,33-34,36-37,39-40,66H,3-4,6,8-10,12,14-16,18,20-22,24,26,29,32,35,38,41-65,69H2,1-2H3,(H,72,73)/b7-5-,13-11-,19-17-,25-23-,28-27-,31-30-,34-33-,37-36-,40-39-. The van der Waals surface area contributed by atoms with Crippen LogP contribution in [0.25, 0.3) is 0 Å². The summed E-state index contributed by atoms with van der Waals surface area (Å²) in [5, 5.41) is 0. The number of esters is 2. The van der Waals surface area contributed by atoms with Gasteiger partial charge in [-0.05, 0) is 83.5 Å². The van der Waals surface area contributed by atoms with Gasteiger partial charge >= 0.3 is 19.8 Å². The van der Waals surface area contributed by atoms with Crippen LogP contribution in [-0.2, 0) is 32.7 Å². The second-order valence-corrected chi connectivity index (χ2v) is 22.4. The van der Waals surface area contributed by atoms with Crippen LogP contribution in [0, 0.1) is 0 Å². The van der Waals surface area contributed by atoms with Crippen LogP contribution in [0.4, 0.5) is 0 Å². The van der Waals surface area contributed by atoms with Gasteiger partial charge in [-0.15, -0.1) is 0 Å². The highest BCUT2D eigenvalue weighted by Crippen LogP contribution is 2.43.